The Bertz CT molecular complexity index is 806. The molecule has 0 aliphatic rings. The number of halogens is 1. The van der Waals surface area contributed by atoms with E-state index >= 15 is 0 Å². The van der Waals surface area contributed by atoms with Crippen LogP contribution >= 0.6 is 11.6 Å². The van der Waals surface area contributed by atoms with Crippen LogP contribution < -0.4 is 10.3 Å². The van der Waals surface area contributed by atoms with E-state index in [4.69, 9.17) is 16.1 Å². The first-order valence-electron chi connectivity index (χ1n) is 6.05. The quantitative estimate of drug-likeness (QED) is 0.886. The van der Waals surface area contributed by atoms with E-state index in [1.54, 1.807) is 20.8 Å². The van der Waals surface area contributed by atoms with Crippen LogP contribution in [-0.4, -0.2) is 18.6 Å². The first kappa shape index (κ1) is 15.7. The van der Waals surface area contributed by atoms with Gasteiger partial charge in [-0.15, -0.1) is 0 Å². The normalized spacial score (nSPS) is 13.3. The van der Waals surface area contributed by atoms with Crippen LogP contribution in [0, 0.1) is 13.8 Å². The maximum Gasteiger partial charge on any atom is 0.266 e. The number of H-pyrrole nitrogens is 1. The Hall–Kier alpha value is -1.64. The SMILES string of the molecule is Cc1noc(C)c1C(C)NS(=O)(=O)c1c[nH]c(=O)c(Cl)c1. The third-order valence-electron chi connectivity index (χ3n) is 3.00. The summed E-state index contributed by atoms with van der Waals surface area (Å²) in [5.41, 5.74) is 0.741. The van der Waals surface area contributed by atoms with Gasteiger partial charge < -0.3 is 9.51 Å². The largest absolute Gasteiger partial charge is 0.361 e. The first-order chi connectivity index (χ1) is 9.72. The predicted molar refractivity (Wildman–Crippen MR) is 76.8 cm³/mol. The molecule has 0 saturated carbocycles. The number of hydrogen-bond acceptors (Lipinski definition) is 5. The van der Waals surface area contributed by atoms with Gasteiger partial charge in [0.15, 0.2) is 0 Å². The zero-order chi connectivity index (χ0) is 15.8. The second-order valence-electron chi connectivity index (χ2n) is 4.59. The van der Waals surface area contributed by atoms with E-state index in [1.165, 1.54) is 0 Å². The minimum atomic E-state index is -3.83. The molecule has 0 aliphatic carbocycles. The highest BCUT2D eigenvalue weighted by molar-refractivity contribution is 7.89. The molecule has 0 fully saturated rings. The van der Waals surface area contributed by atoms with Crippen LogP contribution in [0.4, 0.5) is 0 Å². The van der Waals surface area contributed by atoms with Gasteiger partial charge >= 0.3 is 0 Å². The molecule has 2 N–H and O–H groups in total. The van der Waals surface area contributed by atoms with Gasteiger partial charge in [-0.05, 0) is 26.8 Å². The summed E-state index contributed by atoms with van der Waals surface area (Å²) in [6.07, 6.45) is 1.09. The molecule has 2 aromatic heterocycles. The van der Waals surface area contributed by atoms with Crippen molar-refractivity contribution in [2.24, 2.45) is 0 Å². The van der Waals surface area contributed by atoms with Crippen LogP contribution in [0.3, 0.4) is 0 Å². The molecule has 1 unspecified atom stereocenters. The summed E-state index contributed by atoms with van der Waals surface area (Å²) in [6, 6.07) is 0.565. The van der Waals surface area contributed by atoms with Crippen molar-refractivity contribution in [3.8, 4) is 0 Å². The lowest BCUT2D eigenvalue weighted by atomic mass is 10.1. The van der Waals surface area contributed by atoms with Crippen molar-refractivity contribution in [1.29, 1.82) is 0 Å². The average molecular weight is 332 g/mol. The molecule has 0 saturated heterocycles. The van der Waals surface area contributed by atoms with Gasteiger partial charge in [0, 0.05) is 17.8 Å². The molecule has 21 heavy (non-hydrogen) atoms. The van der Waals surface area contributed by atoms with Crippen molar-refractivity contribution >= 4 is 21.6 Å². The Morgan fingerprint density at radius 1 is 1.43 bits per heavy atom. The molecule has 0 amide bonds. The van der Waals surface area contributed by atoms with Crippen LogP contribution in [0.2, 0.25) is 5.02 Å². The van der Waals surface area contributed by atoms with Crippen molar-refractivity contribution < 1.29 is 12.9 Å². The highest BCUT2D eigenvalue weighted by Gasteiger charge is 2.23. The molecular formula is C12H14ClN3O4S. The Labute approximate surface area is 126 Å². The van der Waals surface area contributed by atoms with E-state index in [1.807, 2.05) is 0 Å². The summed E-state index contributed by atoms with van der Waals surface area (Å²) in [5, 5.41) is 3.60. The highest BCUT2D eigenvalue weighted by atomic mass is 35.5. The molecular weight excluding hydrogens is 318 g/mol. The van der Waals surface area contributed by atoms with Gasteiger partial charge in [-0.1, -0.05) is 16.8 Å². The zero-order valence-electron chi connectivity index (χ0n) is 11.6. The van der Waals surface area contributed by atoms with Crippen LogP contribution in [0.5, 0.6) is 0 Å². The number of pyridine rings is 1. The van der Waals surface area contributed by atoms with Gasteiger partial charge in [0.05, 0.1) is 10.6 Å². The third kappa shape index (κ3) is 3.17. The predicted octanol–water partition coefficient (Wildman–Crippen LogP) is 1.67. The Morgan fingerprint density at radius 2 is 2.10 bits per heavy atom. The van der Waals surface area contributed by atoms with E-state index in [-0.39, 0.29) is 9.92 Å². The Kier molecular flexibility index (Phi) is 4.22. The molecule has 2 rings (SSSR count). The van der Waals surface area contributed by atoms with Crippen molar-refractivity contribution in [2.75, 3.05) is 0 Å². The summed E-state index contributed by atoms with van der Waals surface area (Å²) in [6.45, 7) is 5.11. The van der Waals surface area contributed by atoms with Crippen LogP contribution in [0.1, 0.15) is 30.0 Å². The van der Waals surface area contributed by atoms with Crippen LogP contribution in [0.25, 0.3) is 0 Å². The minimum absolute atomic E-state index is 0.120. The van der Waals surface area contributed by atoms with Gasteiger partial charge in [0.1, 0.15) is 10.8 Å². The lowest BCUT2D eigenvalue weighted by Gasteiger charge is -2.14. The summed E-state index contributed by atoms with van der Waals surface area (Å²) in [5.74, 6) is 0.544. The molecule has 1 atom stereocenters. The number of aryl methyl sites for hydroxylation is 2. The van der Waals surface area contributed by atoms with Crippen LogP contribution in [-0.2, 0) is 10.0 Å². The summed E-state index contributed by atoms with van der Waals surface area (Å²) in [4.78, 5) is 13.3. The van der Waals surface area contributed by atoms with Gasteiger partial charge in [-0.3, -0.25) is 4.79 Å². The molecule has 0 radical (unpaired) electrons. The number of aromatic amines is 1. The smallest absolute Gasteiger partial charge is 0.266 e. The Balaban J connectivity index is 2.33. The topological polar surface area (TPSA) is 105 Å². The fourth-order valence-electron chi connectivity index (χ4n) is 2.06. The van der Waals surface area contributed by atoms with Crippen molar-refractivity contribution in [3.05, 3.63) is 44.7 Å². The summed E-state index contributed by atoms with van der Waals surface area (Å²) in [7, 11) is -3.83. The van der Waals surface area contributed by atoms with Gasteiger partial charge in [0.2, 0.25) is 10.0 Å². The van der Waals surface area contributed by atoms with E-state index in [2.05, 4.69) is 14.9 Å². The molecule has 0 bridgehead atoms. The summed E-state index contributed by atoms with van der Waals surface area (Å²) < 4.78 is 32.1. The third-order valence-corrected chi connectivity index (χ3v) is 4.80. The van der Waals surface area contributed by atoms with E-state index in [9.17, 15) is 13.2 Å². The number of nitrogens with one attached hydrogen (secondary N) is 2. The monoisotopic (exact) mass is 331 g/mol. The van der Waals surface area contributed by atoms with Gasteiger partial charge in [0.25, 0.3) is 5.56 Å². The summed E-state index contributed by atoms with van der Waals surface area (Å²) >= 11 is 5.65. The average Bonchev–Trinajstić information content (AvgIpc) is 2.71. The molecule has 9 heteroatoms. The second kappa shape index (κ2) is 5.63. The molecule has 0 aromatic carbocycles. The van der Waals surface area contributed by atoms with E-state index in [0.717, 1.165) is 12.3 Å². The van der Waals surface area contributed by atoms with Crippen LogP contribution in [0.15, 0.2) is 26.5 Å². The van der Waals surface area contributed by atoms with E-state index < -0.39 is 21.6 Å². The number of nitrogens with zero attached hydrogens (tertiary/aromatic N) is 1. The maximum atomic E-state index is 12.3. The van der Waals surface area contributed by atoms with Crippen molar-refractivity contribution in [1.82, 2.24) is 14.9 Å². The Morgan fingerprint density at radius 3 is 2.62 bits per heavy atom. The van der Waals surface area contributed by atoms with Gasteiger partial charge in [-0.2, -0.15) is 0 Å². The molecule has 7 nitrogen and oxygen atoms in total. The second-order valence-corrected chi connectivity index (χ2v) is 6.71. The molecule has 0 spiro atoms. The number of hydrogen-bond donors (Lipinski definition) is 2. The standard InChI is InChI=1S/C12H14ClN3O4S/c1-6-11(8(3)20-15-6)7(2)16-21(18,19)9-4-10(13)12(17)14-5-9/h4-5,7,16H,1-3H3,(H,14,17). The number of aromatic nitrogens is 2. The van der Waals surface area contributed by atoms with Crippen molar-refractivity contribution in [2.45, 2.75) is 31.7 Å². The van der Waals surface area contributed by atoms with Crippen molar-refractivity contribution in [3.63, 3.8) is 0 Å². The first-order valence-corrected chi connectivity index (χ1v) is 7.92. The zero-order valence-corrected chi connectivity index (χ0v) is 13.2. The van der Waals surface area contributed by atoms with E-state index in [0.29, 0.717) is 17.0 Å². The molecule has 0 aliphatic heterocycles. The maximum absolute atomic E-state index is 12.3. The van der Waals surface area contributed by atoms with Gasteiger partial charge in [-0.25, -0.2) is 13.1 Å². The highest BCUT2D eigenvalue weighted by Crippen LogP contribution is 2.23. The molecule has 114 valence electrons. The molecule has 2 aromatic rings. The lowest BCUT2D eigenvalue weighted by molar-refractivity contribution is 0.391. The number of sulfonamides is 1. The lowest BCUT2D eigenvalue weighted by Crippen LogP contribution is -2.28. The number of rotatable bonds is 4. The fraction of sp³-hybridized carbons (Fsp3) is 0.333. The minimum Gasteiger partial charge on any atom is -0.361 e. The molecule has 2 heterocycles. The fourth-order valence-corrected chi connectivity index (χ4v) is 3.50.